The summed E-state index contributed by atoms with van der Waals surface area (Å²) in [6.45, 7) is 0.791. The van der Waals surface area contributed by atoms with E-state index >= 15 is 0 Å². The normalized spacial score (nSPS) is 15.4. The SMILES string of the molecule is O=C(Nc1ccccc1)C1CCN(C(=O)c2ccc(C(F)(F)F)cc2)CC1. The van der Waals surface area contributed by atoms with Gasteiger partial charge in [0.05, 0.1) is 5.56 Å². The maximum Gasteiger partial charge on any atom is 0.416 e. The average molecular weight is 376 g/mol. The van der Waals surface area contributed by atoms with Gasteiger partial charge < -0.3 is 10.2 Å². The van der Waals surface area contributed by atoms with Crippen molar-refractivity contribution in [2.75, 3.05) is 18.4 Å². The second-order valence-corrected chi connectivity index (χ2v) is 6.50. The van der Waals surface area contributed by atoms with Crippen molar-refractivity contribution in [1.82, 2.24) is 4.90 Å². The van der Waals surface area contributed by atoms with E-state index in [1.165, 1.54) is 12.1 Å². The fraction of sp³-hybridized carbons (Fsp3) is 0.300. The van der Waals surface area contributed by atoms with Crippen molar-refractivity contribution in [3.63, 3.8) is 0 Å². The Balaban J connectivity index is 1.55. The summed E-state index contributed by atoms with van der Waals surface area (Å²) in [6.07, 6.45) is -3.39. The Hall–Kier alpha value is -2.83. The summed E-state index contributed by atoms with van der Waals surface area (Å²) in [7, 11) is 0. The molecule has 0 bridgehead atoms. The maximum atomic E-state index is 12.6. The van der Waals surface area contributed by atoms with Crippen molar-refractivity contribution < 1.29 is 22.8 Å². The molecule has 1 heterocycles. The smallest absolute Gasteiger partial charge is 0.339 e. The lowest BCUT2D eigenvalue weighted by atomic mass is 9.95. The number of hydrogen-bond donors (Lipinski definition) is 1. The number of rotatable bonds is 3. The van der Waals surface area contributed by atoms with E-state index in [0.717, 1.165) is 17.8 Å². The van der Waals surface area contributed by atoms with Gasteiger partial charge in [-0.15, -0.1) is 0 Å². The Morgan fingerprint density at radius 2 is 1.52 bits per heavy atom. The molecule has 7 heteroatoms. The van der Waals surface area contributed by atoms with Crippen molar-refractivity contribution in [3.05, 3.63) is 65.7 Å². The molecule has 1 N–H and O–H groups in total. The molecule has 0 spiro atoms. The molecular weight excluding hydrogens is 357 g/mol. The number of carbonyl (C=O) groups is 2. The van der Waals surface area contributed by atoms with Crippen LogP contribution in [-0.2, 0) is 11.0 Å². The highest BCUT2D eigenvalue weighted by Gasteiger charge is 2.31. The molecule has 1 aliphatic rings. The summed E-state index contributed by atoms with van der Waals surface area (Å²) in [5, 5.41) is 2.86. The van der Waals surface area contributed by atoms with Gasteiger partial charge in [-0.25, -0.2) is 0 Å². The van der Waals surface area contributed by atoms with Crippen LogP contribution in [0, 0.1) is 5.92 Å². The number of hydrogen-bond acceptors (Lipinski definition) is 2. The fourth-order valence-electron chi connectivity index (χ4n) is 3.09. The van der Waals surface area contributed by atoms with Gasteiger partial charge in [0.15, 0.2) is 0 Å². The van der Waals surface area contributed by atoms with Crippen LogP contribution in [0.3, 0.4) is 0 Å². The van der Waals surface area contributed by atoms with Crippen LogP contribution in [0.5, 0.6) is 0 Å². The molecule has 0 unspecified atom stereocenters. The Morgan fingerprint density at radius 3 is 2.07 bits per heavy atom. The molecule has 3 rings (SSSR count). The van der Waals surface area contributed by atoms with E-state index in [1.54, 1.807) is 17.0 Å². The second kappa shape index (κ2) is 7.82. The van der Waals surface area contributed by atoms with Crippen molar-refractivity contribution >= 4 is 17.5 Å². The fourth-order valence-corrected chi connectivity index (χ4v) is 3.09. The first-order valence-electron chi connectivity index (χ1n) is 8.67. The minimum Gasteiger partial charge on any atom is -0.339 e. The van der Waals surface area contributed by atoms with Gasteiger partial charge >= 0.3 is 6.18 Å². The van der Waals surface area contributed by atoms with Crippen molar-refractivity contribution in [1.29, 1.82) is 0 Å². The molecule has 0 atom stereocenters. The molecule has 0 aliphatic carbocycles. The number of carbonyl (C=O) groups excluding carboxylic acids is 2. The molecular formula is C20H19F3N2O2. The summed E-state index contributed by atoms with van der Waals surface area (Å²) in [5.41, 5.74) is 0.163. The highest BCUT2D eigenvalue weighted by Crippen LogP contribution is 2.29. The number of halogens is 3. The van der Waals surface area contributed by atoms with Crippen molar-refractivity contribution in [2.45, 2.75) is 19.0 Å². The van der Waals surface area contributed by atoms with Crippen LogP contribution < -0.4 is 5.32 Å². The third-order valence-corrected chi connectivity index (χ3v) is 4.65. The van der Waals surface area contributed by atoms with Crippen LogP contribution in [-0.4, -0.2) is 29.8 Å². The zero-order valence-corrected chi connectivity index (χ0v) is 14.5. The minimum atomic E-state index is -4.42. The molecule has 0 aromatic heterocycles. The van der Waals surface area contributed by atoms with E-state index in [4.69, 9.17) is 0 Å². The average Bonchev–Trinajstić information content (AvgIpc) is 2.68. The molecule has 0 radical (unpaired) electrons. The Bertz CT molecular complexity index is 796. The van der Waals surface area contributed by atoms with Gasteiger partial charge in [-0.1, -0.05) is 18.2 Å². The molecule has 1 saturated heterocycles. The molecule has 142 valence electrons. The summed E-state index contributed by atoms with van der Waals surface area (Å²) >= 11 is 0. The summed E-state index contributed by atoms with van der Waals surface area (Å²) < 4.78 is 37.9. The molecule has 0 saturated carbocycles. The highest BCUT2D eigenvalue weighted by atomic mass is 19.4. The summed E-state index contributed by atoms with van der Waals surface area (Å²) in [6, 6.07) is 13.4. The number of piperidine rings is 1. The van der Waals surface area contributed by atoms with E-state index in [1.807, 2.05) is 18.2 Å². The van der Waals surface area contributed by atoms with Crippen molar-refractivity contribution in [3.8, 4) is 0 Å². The van der Waals surface area contributed by atoms with Crippen LogP contribution >= 0.6 is 0 Å². The van der Waals surface area contributed by atoms with Gasteiger partial charge in [0, 0.05) is 30.3 Å². The van der Waals surface area contributed by atoms with Crippen LogP contribution in [0.15, 0.2) is 54.6 Å². The zero-order valence-electron chi connectivity index (χ0n) is 14.5. The molecule has 4 nitrogen and oxygen atoms in total. The number of anilines is 1. The number of nitrogens with one attached hydrogen (secondary N) is 1. The third-order valence-electron chi connectivity index (χ3n) is 4.65. The first-order chi connectivity index (χ1) is 12.8. The van der Waals surface area contributed by atoms with Crippen LogP contribution in [0.1, 0.15) is 28.8 Å². The first kappa shape index (κ1) is 18.9. The standard InChI is InChI=1S/C20H19F3N2O2/c21-20(22,23)16-8-6-15(7-9-16)19(27)25-12-10-14(11-13-25)18(26)24-17-4-2-1-3-5-17/h1-9,14H,10-13H2,(H,24,26). The van der Waals surface area contributed by atoms with Gasteiger partial charge in [0.2, 0.25) is 5.91 Å². The summed E-state index contributed by atoms with van der Waals surface area (Å²) in [4.78, 5) is 26.4. The van der Waals surface area contributed by atoms with Gasteiger partial charge in [0.1, 0.15) is 0 Å². The lowest BCUT2D eigenvalue weighted by molar-refractivity contribution is -0.137. The van der Waals surface area contributed by atoms with E-state index in [0.29, 0.717) is 25.9 Å². The van der Waals surface area contributed by atoms with Gasteiger partial charge in [-0.3, -0.25) is 9.59 Å². The Labute approximate surface area is 155 Å². The number of benzene rings is 2. The number of nitrogens with zero attached hydrogens (tertiary/aromatic N) is 1. The topological polar surface area (TPSA) is 49.4 Å². The van der Waals surface area contributed by atoms with Crippen molar-refractivity contribution in [2.24, 2.45) is 5.92 Å². The predicted octanol–water partition coefficient (Wildman–Crippen LogP) is 4.20. The lowest BCUT2D eigenvalue weighted by Gasteiger charge is -2.31. The highest BCUT2D eigenvalue weighted by molar-refractivity contribution is 5.95. The monoisotopic (exact) mass is 376 g/mol. The molecule has 2 aromatic rings. The van der Waals surface area contributed by atoms with E-state index in [2.05, 4.69) is 5.32 Å². The van der Waals surface area contributed by atoms with Gasteiger partial charge in [-0.05, 0) is 49.2 Å². The van der Waals surface area contributed by atoms with Gasteiger partial charge in [-0.2, -0.15) is 13.2 Å². The van der Waals surface area contributed by atoms with E-state index in [9.17, 15) is 22.8 Å². The Morgan fingerprint density at radius 1 is 0.926 bits per heavy atom. The number of para-hydroxylation sites is 1. The number of alkyl halides is 3. The molecule has 27 heavy (non-hydrogen) atoms. The molecule has 2 aromatic carbocycles. The second-order valence-electron chi connectivity index (χ2n) is 6.50. The number of amides is 2. The minimum absolute atomic E-state index is 0.0807. The third kappa shape index (κ3) is 4.67. The van der Waals surface area contributed by atoms with Crippen LogP contribution in [0.25, 0.3) is 0 Å². The maximum absolute atomic E-state index is 12.6. The quantitative estimate of drug-likeness (QED) is 0.873. The molecule has 2 amide bonds. The number of likely N-dealkylation sites (tertiary alicyclic amines) is 1. The predicted molar refractivity (Wildman–Crippen MR) is 95.1 cm³/mol. The van der Waals surface area contributed by atoms with Gasteiger partial charge in [0.25, 0.3) is 5.91 Å². The van der Waals surface area contributed by atoms with E-state index in [-0.39, 0.29) is 23.3 Å². The van der Waals surface area contributed by atoms with Crippen LogP contribution in [0.4, 0.5) is 18.9 Å². The summed E-state index contributed by atoms with van der Waals surface area (Å²) in [5.74, 6) is -0.588. The van der Waals surface area contributed by atoms with E-state index < -0.39 is 11.7 Å². The first-order valence-corrected chi connectivity index (χ1v) is 8.67. The Kier molecular flexibility index (Phi) is 5.48. The van der Waals surface area contributed by atoms with Crippen LogP contribution in [0.2, 0.25) is 0 Å². The zero-order chi connectivity index (χ0) is 19.4. The largest absolute Gasteiger partial charge is 0.416 e. The lowest BCUT2D eigenvalue weighted by Crippen LogP contribution is -2.41. The molecule has 1 fully saturated rings. The molecule has 1 aliphatic heterocycles.